The Hall–Kier alpha value is -3.26. The van der Waals surface area contributed by atoms with Crippen molar-refractivity contribution in [1.82, 2.24) is 29.5 Å². The monoisotopic (exact) mass is 656 g/mol. The van der Waals surface area contributed by atoms with Crippen LogP contribution in [0.2, 0.25) is 0 Å². The molecule has 0 aliphatic carbocycles. The van der Waals surface area contributed by atoms with E-state index in [4.69, 9.17) is 0 Å². The van der Waals surface area contributed by atoms with E-state index in [-0.39, 0.29) is 5.56 Å². The van der Waals surface area contributed by atoms with Crippen molar-refractivity contribution in [3.63, 3.8) is 0 Å². The Morgan fingerprint density at radius 2 is 1.50 bits per heavy atom. The fourth-order valence-electron chi connectivity index (χ4n) is 3.05. The first-order valence-corrected chi connectivity index (χ1v) is 12.8. The number of aromatic nitrogens is 6. The summed E-state index contributed by atoms with van der Waals surface area (Å²) < 4.78 is 29.3. The molecule has 0 unspecified atom stereocenters. The maximum absolute atomic E-state index is 13.2. The molecule has 0 atom stereocenters. The van der Waals surface area contributed by atoms with Crippen LogP contribution in [0.5, 0.6) is 0 Å². The van der Waals surface area contributed by atoms with Crippen molar-refractivity contribution >= 4 is 9.58 Å². The van der Waals surface area contributed by atoms with Gasteiger partial charge in [-0.05, 0) is 46.7 Å². The van der Waals surface area contributed by atoms with Crippen molar-refractivity contribution in [1.29, 1.82) is 0 Å². The second-order valence-corrected chi connectivity index (χ2v) is 6.76. The molecule has 4 heterocycles. The second kappa shape index (κ2) is 12.3. The van der Waals surface area contributed by atoms with E-state index >= 15 is 0 Å². The van der Waals surface area contributed by atoms with Crippen LogP contribution in [-0.4, -0.2) is 29.5 Å². The van der Waals surface area contributed by atoms with Gasteiger partial charge in [0.25, 0.3) is 0 Å². The Morgan fingerprint density at radius 3 is 1.97 bits per heavy atom. The summed E-state index contributed by atoms with van der Waals surface area (Å²) in [6.45, 7) is 3.90. The maximum atomic E-state index is 13.2. The first kappa shape index (κ1) is 25.4. The van der Waals surface area contributed by atoms with Crippen molar-refractivity contribution in [3.05, 3.63) is 109 Å². The molecule has 0 bridgehead atoms. The van der Waals surface area contributed by atoms with Crippen LogP contribution >= 0.6 is 9.58 Å². The van der Waals surface area contributed by atoms with Crippen LogP contribution in [0.4, 0.5) is 8.78 Å². The fraction of sp³-hybridized carbons (Fsp3) is 0.0833. The summed E-state index contributed by atoms with van der Waals surface area (Å²) in [5.41, 5.74) is 4.11. The topological polar surface area (TPSA) is 61.4 Å². The summed E-state index contributed by atoms with van der Waals surface area (Å²) >= 11 is 1.47. The summed E-state index contributed by atoms with van der Waals surface area (Å²) in [6, 6.07) is 16.6. The van der Waals surface area contributed by atoms with Gasteiger partial charge in [0.1, 0.15) is 0 Å². The molecular formula is C24H18ClF2IrN6. The molecule has 0 radical (unpaired) electrons. The average molecular weight is 656 g/mol. The predicted octanol–water partition coefficient (Wildman–Crippen LogP) is 5.38. The first-order valence-electron chi connectivity index (χ1n) is 9.84. The normalized spacial score (nSPS) is 10.1. The van der Waals surface area contributed by atoms with Crippen molar-refractivity contribution in [2.45, 2.75) is 13.8 Å². The summed E-state index contributed by atoms with van der Waals surface area (Å²) in [7, 11) is 4.64. The predicted molar refractivity (Wildman–Crippen MR) is 121 cm³/mol. The number of nitrogens with zero attached hydrogens (tertiary/aromatic N) is 6. The Balaban J connectivity index is 0.000000183. The Morgan fingerprint density at radius 1 is 0.882 bits per heavy atom. The molecule has 5 rings (SSSR count). The van der Waals surface area contributed by atoms with Gasteiger partial charge in [-0.15, -0.1) is 18.2 Å². The van der Waals surface area contributed by atoms with Crippen molar-refractivity contribution in [2.75, 3.05) is 0 Å². The fourth-order valence-corrected chi connectivity index (χ4v) is 3.05. The first-order chi connectivity index (χ1) is 16.5. The Kier molecular flexibility index (Phi) is 9.15. The Bertz CT molecular complexity index is 1260. The summed E-state index contributed by atoms with van der Waals surface area (Å²) in [5, 5.41) is 8.43. The molecule has 0 fully saturated rings. The van der Waals surface area contributed by atoms with E-state index in [0.717, 1.165) is 34.9 Å². The molecule has 0 saturated heterocycles. The van der Waals surface area contributed by atoms with E-state index in [1.54, 1.807) is 46.2 Å². The van der Waals surface area contributed by atoms with Crippen molar-refractivity contribution < 1.29 is 26.7 Å². The molecule has 0 amide bonds. The van der Waals surface area contributed by atoms with Crippen LogP contribution in [0.3, 0.4) is 0 Å². The third-order valence-electron chi connectivity index (χ3n) is 4.50. The summed E-state index contributed by atoms with van der Waals surface area (Å²) in [6.07, 6.45) is 8.78. The third kappa shape index (κ3) is 6.20. The summed E-state index contributed by atoms with van der Waals surface area (Å²) in [4.78, 5) is 8.48. The second-order valence-electron chi connectivity index (χ2n) is 6.76. The van der Waals surface area contributed by atoms with E-state index in [1.165, 1.54) is 17.9 Å². The van der Waals surface area contributed by atoms with Gasteiger partial charge in [0, 0.05) is 42.6 Å². The van der Waals surface area contributed by atoms with Gasteiger partial charge in [-0.25, -0.2) is 0 Å². The van der Waals surface area contributed by atoms with Gasteiger partial charge in [0.15, 0.2) is 0 Å². The molecular weight excluding hydrogens is 638 g/mol. The van der Waals surface area contributed by atoms with E-state index in [2.05, 4.69) is 41.9 Å². The molecule has 1 aromatic carbocycles. The molecule has 10 heteroatoms. The van der Waals surface area contributed by atoms with Crippen molar-refractivity contribution in [3.8, 4) is 22.6 Å². The molecule has 174 valence electrons. The van der Waals surface area contributed by atoms with Crippen molar-refractivity contribution in [2.24, 2.45) is 0 Å². The number of halogens is 3. The standard InChI is InChI=1S/C13H12N5.C11H6F2N.ClH.Ir/c1-10-12(17-7-3-5-14-17)9-13(11(2)16-10)18-8-4-6-15-18;12-8-4-5-9(10(13)7-8)11-3-1-2-6-14-11;;/h3-8H,1-2H3;1-4,6-7H;1H;/q2*-1;;+3/p-1. The van der Waals surface area contributed by atoms with E-state index < -0.39 is 11.6 Å². The van der Waals surface area contributed by atoms with Crippen LogP contribution < -0.4 is 0 Å². The SMILES string of the molecule is Cc1nc(C)c(-n2cccn2)[c-]c1-n1cccn1.Fc1c[c-]c(-c2ccccn2)c(F)c1.[Cl][Ir+2]. The molecule has 4 aromatic heterocycles. The van der Waals surface area contributed by atoms with Gasteiger partial charge in [-0.1, -0.05) is 37.6 Å². The molecule has 0 spiro atoms. The van der Waals surface area contributed by atoms with Gasteiger partial charge >= 0.3 is 27.5 Å². The van der Waals surface area contributed by atoms with Gasteiger partial charge in [-0.2, -0.15) is 10.2 Å². The van der Waals surface area contributed by atoms with E-state index in [9.17, 15) is 8.78 Å². The molecule has 0 saturated carbocycles. The van der Waals surface area contributed by atoms with E-state index in [0.29, 0.717) is 5.69 Å². The number of aryl methyl sites for hydroxylation is 2. The molecule has 0 aliphatic rings. The quantitative estimate of drug-likeness (QED) is 0.245. The van der Waals surface area contributed by atoms with Crippen LogP contribution in [0.15, 0.2) is 73.4 Å². The van der Waals surface area contributed by atoms with Gasteiger partial charge in [0.05, 0.1) is 0 Å². The van der Waals surface area contributed by atoms with Gasteiger partial charge < -0.3 is 9.97 Å². The third-order valence-corrected chi connectivity index (χ3v) is 4.50. The number of rotatable bonds is 3. The molecule has 34 heavy (non-hydrogen) atoms. The van der Waals surface area contributed by atoms with Crippen LogP contribution in [-0.2, 0) is 17.9 Å². The molecule has 6 nitrogen and oxygen atoms in total. The van der Waals surface area contributed by atoms with Gasteiger partial charge in [-0.3, -0.25) is 18.1 Å². The minimum atomic E-state index is -0.649. The zero-order chi connectivity index (χ0) is 24.5. The molecule has 5 aromatic rings. The van der Waals surface area contributed by atoms with Crippen LogP contribution in [0.1, 0.15) is 11.4 Å². The number of hydrogen-bond donors (Lipinski definition) is 0. The Labute approximate surface area is 210 Å². The molecule has 0 N–H and O–H groups in total. The number of pyridine rings is 2. The van der Waals surface area contributed by atoms with E-state index in [1.807, 2.05) is 38.4 Å². The average Bonchev–Trinajstić information content (AvgIpc) is 3.57. The zero-order valence-electron chi connectivity index (χ0n) is 18.1. The number of benzene rings is 1. The summed E-state index contributed by atoms with van der Waals surface area (Å²) in [5.74, 6) is -1.29. The molecule has 0 aliphatic heterocycles. The van der Waals surface area contributed by atoms with Crippen LogP contribution in [0.25, 0.3) is 22.6 Å². The van der Waals surface area contributed by atoms with Gasteiger partial charge in [0.2, 0.25) is 0 Å². The zero-order valence-corrected chi connectivity index (χ0v) is 21.2. The van der Waals surface area contributed by atoms with Crippen LogP contribution in [0, 0.1) is 37.6 Å². The minimum absolute atomic E-state index is 0.187. The number of hydrogen-bond acceptors (Lipinski definition) is 4.